The number of nitrogens with one attached hydrogen (secondary N) is 1. The SMILES string of the molecule is NCCCCCCCCNP(=O)(O)OP(=O)(O)OP(=O)(O)OC[C@H]1O[C@@H](n2cnc3c(N)ncnc32)[C@H](O)[C@@H]1O. The first-order chi connectivity index (χ1) is 18.8. The molecule has 10 N–H and O–H groups in total. The van der Waals surface area contributed by atoms with E-state index in [0.717, 1.165) is 32.0 Å². The minimum Gasteiger partial charge on any atom is -0.387 e. The number of hydrogen-bond donors (Lipinski definition) is 8. The molecule has 7 atom stereocenters. The molecule has 0 bridgehead atoms. The lowest BCUT2D eigenvalue weighted by Gasteiger charge is -2.20. The highest BCUT2D eigenvalue weighted by atomic mass is 31.3. The molecule has 3 unspecified atom stereocenters. The van der Waals surface area contributed by atoms with Crippen LogP contribution in [-0.4, -0.2) is 82.4 Å². The number of rotatable bonds is 17. The number of unbranched alkanes of at least 4 members (excludes halogenated alkanes) is 5. The number of aromatic nitrogens is 4. The average molecular weight is 633 g/mol. The predicted octanol–water partition coefficient (Wildman–Crippen LogP) is 0.268. The summed E-state index contributed by atoms with van der Waals surface area (Å²) in [5.74, 6) is 0.0577. The van der Waals surface area contributed by atoms with Crippen LogP contribution in [0.25, 0.3) is 11.2 Å². The van der Waals surface area contributed by atoms with Gasteiger partial charge in [0.1, 0.15) is 30.2 Å². The van der Waals surface area contributed by atoms with Gasteiger partial charge in [-0.25, -0.2) is 33.7 Å². The van der Waals surface area contributed by atoms with Crippen molar-refractivity contribution in [2.45, 2.75) is 63.1 Å². The van der Waals surface area contributed by atoms with E-state index < -0.39 is 54.5 Å². The van der Waals surface area contributed by atoms with E-state index in [4.69, 9.17) is 16.2 Å². The van der Waals surface area contributed by atoms with Gasteiger partial charge in [-0.15, -0.1) is 0 Å². The highest BCUT2D eigenvalue weighted by Gasteiger charge is 2.47. The first kappa shape index (κ1) is 33.1. The Balaban J connectivity index is 1.49. The van der Waals surface area contributed by atoms with Crippen LogP contribution in [0.1, 0.15) is 44.8 Å². The molecule has 0 aliphatic carbocycles. The van der Waals surface area contributed by atoms with E-state index in [9.17, 15) is 38.6 Å². The number of nitrogens with zero attached hydrogens (tertiary/aromatic N) is 4. The number of phosphoric acid groups is 2. The zero-order valence-corrected chi connectivity index (χ0v) is 23.9. The van der Waals surface area contributed by atoms with Crippen LogP contribution in [0.5, 0.6) is 0 Å². The van der Waals surface area contributed by atoms with Crippen LogP contribution in [0.2, 0.25) is 0 Å². The Kier molecular flexibility index (Phi) is 11.7. The highest BCUT2D eigenvalue weighted by molar-refractivity contribution is 7.67. The summed E-state index contributed by atoms with van der Waals surface area (Å²) in [6, 6.07) is 0. The summed E-state index contributed by atoms with van der Waals surface area (Å²) in [6.07, 6.45) is 1.31. The van der Waals surface area contributed by atoms with Gasteiger partial charge in [-0.3, -0.25) is 9.09 Å². The molecule has 0 radical (unpaired) electrons. The van der Waals surface area contributed by atoms with Crippen molar-refractivity contribution in [2.75, 3.05) is 25.4 Å². The summed E-state index contributed by atoms with van der Waals surface area (Å²) in [6.45, 7) is -0.340. The Labute approximate surface area is 228 Å². The van der Waals surface area contributed by atoms with Crippen molar-refractivity contribution in [1.82, 2.24) is 24.6 Å². The molecule has 3 heterocycles. The third kappa shape index (κ3) is 9.31. The maximum Gasteiger partial charge on any atom is 0.489 e. The fraction of sp³-hybridized carbons (Fsp3) is 0.722. The summed E-state index contributed by atoms with van der Waals surface area (Å²) in [5.41, 5.74) is 11.5. The maximum absolute atomic E-state index is 12.2. The molecule has 19 nitrogen and oxygen atoms in total. The largest absolute Gasteiger partial charge is 0.489 e. The minimum atomic E-state index is -5.60. The molecule has 1 aliphatic heterocycles. The Hall–Kier alpha value is -1.40. The zero-order chi connectivity index (χ0) is 29.6. The van der Waals surface area contributed by atoms with E-state index in [2.05, 4.69) is 33.2 Å². The number of nitrogen functional groups attached to an aromatic ring is 1. The monoisotopic (exact) mass is 633 g/mol. The lowest BCUT2D eigenvalue weighted by Crippen LogP contribution is -2.33. The summed E-state index contributed by atoms with van der Waals surface area (Å²) in [5, 5.41) is 22.8. The fourth-order valence-corrected chi connectivity index (χ4v) is 7.60. The van der Waals surface area contributed by atoms with Crippen LogP contribution in [0.3, 0.4) is 0 Å². The number of imidazole rings is 1. The second kappa shape index (κ2) is 14.2. The van der Waals surface area contributed by atoms with Gasteiger partial charge in [-0.2, -0.15) is 8.62 Å². The summed E-state index contributed by atoms with van der Waals surface area (Å²) >= 11 is 0. The molecule has 3 rings (SSSR count). The number of aliphatic hydroxyl groups is 2. The van der Waals surface area contributed by atoms with Crippen LogP contribution in [0, 0.1) is 0 Å². The van der Waals surface area contributed by atoms with E-state index in [0.29, 0.717) is 19.4 Å². The molecule has 40 heavy (non-hydrogen) atoms. The normalized spacial score (nSPS) is 25.9. The zero-order valence-electron chi connectivity index (χ0n) is 21.2. The third-order valence-electron chi connectivity index (χ3n) is 5.76. The summed E-state index contributed by atoms with van der Waals surface area (Å²) in [7, 11) is -15.9. The van der Waals surface area contributed by atoms with Gasteiger partial charge in [-0.05, 0) is 19.4 Å². The van der Waals surface area contributed by atoms with Crippen molar-refractivity contribution in [1.29, 1.82) is 0 Å². The van der Waals surface area contributed by atoms with Crippen LogP contribution in [0.4, 0.5) is 5.82 Å². The molecule has 0 aromatic carbocycles. The molecule has 0 spiro atoms. The van der Waals surface area contributed by atoms with Crippen molar-refractivity contribution in [2.24, 2.45) is 5.73 Å². The molecule has 22 heteroatoms. The number of ether oxygens (including phenoxy) is 1. The Morgan fingerprint density at radius 2 is 1.62 bits per heavy atom. The smallest absolute Gasteiger partial charge is 0.387 e. The van der Waals surface area contributed by atoms with Crippen LogP contribution in [-0.2, 0) is 31.6 Å². The second-order valence-electron chi connectivity index (χ2n) is 8.86. The first-order valence-electron chi connectivity index (χ1n) is 12.2. The van der Waals surface area contributed by atoms with Crippen molar-refractivity contribution in [3.8, 4) is 0 Å². The average Bonchev–Trinajstić information content (AvgIpc) is 3.40. The van der Waals surface area contributed by atoms with Gasteiger partial charge >= 0.3 is 23.4 Å². The standard InChI is InChI=1S/C18H34N7O12P3/c19-7-5-3-1-2-4-6-8-24-38(28,29)36-40(32,33)37-39(30,31)34-9-12-14(26)15(27)18(35-12)25-11-23-13-16(20)21-10-22-17(13)25/h10-12,14-15,18,26-27H,1-9,19H2,(H,30,31)(H,32,33)(H2,20,21,22)(H2,24,28,29)/t12-,14-,15-,18-/m1/s1. The summed E-state index contributed by atoms with van der Waals surface area (Å²) < 4.78 is 56.1. The van der Waals surface area contributed by atoms with Gasteiger partial charge < -0.3 is 41.1 Å². The topological polar surface area (TPSA) is 297 Å². The van der Waals surface area contributed by atoms with Gasteiger partial charge in [0.2, 0.25) is 0 Å². The fourth-order valence-electron chi connectivity index (χ4n) is 3.85. The molecule has 1 aliphatic rings. The number of nitrogens with two attached hydrogens (primary N) is 2. The molecule has 1 saturated heterocycles. The van der Waals surface area contributed by atoms with Gasteiger partial charge in [0.05, 0.1) is 12.9 Å². The molecular formula is C18H34N7O12P3. The second-order valence-corrected chi connectivity index (χ2v) is 13.7. The first-order valence-corrected chi connectivity index (χ1v) is 16.8. The number of hydrogen-bond acceptors (Lipinski definition) is 14. The molecule has 0 saturated carbocycles. The van der Waals surface area contributed by atoms with Crippen molar-refractivity contribution < 1.29 is 56.5 Å². The van der Waals surface area contributed by atoms with Crippen LogP contribution in [0.15, 0.2) is 12.7 Å². The van der Waals surface area contributed by atoms with E-state index >= 15 is 0 Å². The predicted molar refractivity (Wildman–Crippen MR) is 138 cm³/mol. The van der Waals surface area contributed by atoms with Gasteiger partial charge in [0.25, 0.3) is 0 Å². The van der Waals surface area contributed by atoms with Crippen LogP contribution < -0.4 is 16.6 Å². The van der Waals surface area contributed by atoms with E-state index in [1.165, 1.54) is 10.9 Å². The molecular weight excluding hydrogens is 599 g/mol. The number of phosphoric ester groups is 1. The van der Waals surface area contributed by atoms with E-state index in [-0.39, 0.29) is 23.5 Å². The molecule has 228 valence electrons. The Bertz CT molecular complexity index is 1270. The van der Waals surface area contributed by atoms with E-state index in [1.807, 2.05) is 0 Å². The van der Waals surface area contributed by atoms with Crippen molar-refractivity contribution in [3.63, 3.8) is 0 Å². The lowest BCUT2D eigenvalue weighted by molar-refractivity contribution is -0.0503. The van der Waals surface area contributed by atoms with Crippen LogP contribution >= 0.6 is 23.4 Å². The quantitative estimate of drug-likeness (QED) is 0.0856. The molecule has 2 aromatic rings. The number of fused-ring (bicyclic) bond motifs is 1. The summed E-state index contributed by atoms with van der Waals surface area (Å²) in [4.78, 5) is 41.2. The Morgan fingerprint density at radius 3 is 2.33 bits per heavy atom. The maximum atomic E-state index is 12.2. The van der Waals surface area contributed by atoms with Gasteiger partial charge in [0.15, 0.2) is 17.7 Å². The van der Waals surface area contributed by atoms with Crippen molar-refractivity contribution in [3.05, 3.63) is 12.7 Å². The van der Waals surface area contributed by atoms with Crippen molar-refractivity contribution >= 4 is 40.4 Å². The minimum absolute atomic E-state index is 0.0385. The highest BCUT2D eigenvalue weighted by Crippen LogP contribution is 2.66. The Morgan fingerprint density at radius 1 is 0.950 bits per heavy atom. The van der Waals surface area contributed by atoms with E-state index in [1.54, 1.807) is 0 Å². The lowest BCUT2D eigenvalue weighted by atomic mass is 10.1. The molecule has 0 amide bonds. The molecule has 2 aromatic heterocycles. The third-order valence-corrected chi connectivity index (χ3v) is 10.2. The van der Waals surface area contributed by atoms with Gasteiger partial charge in [0, 0.05) is 6.54 Å². The number of aliphatic hydroxyl groups excluding tert-OH is 2. The number of anilines is 1. The van der Waals surface area contributed by atoms with Gasteiger partial charge in [-0.1, -0.05) is 25.7 Å². The molecule has 1 fully saturated rings.